The molecule has 0 bridgehead atoms. The highest BCUT2D eigenvalue weighted by Gasteiger charge is 2.18. The summed E-state index contributed by atoms with van der Waals surface area (Å²) in [6, 6.07) is 0. The Bertz CT molecular complexity index is 259. The number of carbonyl (C=O) groups is 1. The van der Waals surface area contributed by atoms with Gasteiger partial charge in [0.05, 0.1) is 0 Å². The standard InChI is InChI=1S/C21H40O/c1-2-3-4-5-6-7-8-9-10-11-12-13-14-16-20-17-15-18-21(22)19-20/h20H,2-19H2,1H3/t20-/m1/s1. The van der Waals surface area contributed by atoms with Crippen LogP contribution in [0.25, 0.3) is 0 Å². The molecule has 0 aromatic rings. The first kappa shape index (κ1) is 19.7. The first-order chi connectivity index (χ1) is 10.8. The van der Waals surface area contributed by atoms with Crippen molar-refractivity contribution in [3.63, 3.8) is 0 Å². The molecule has 1 nitrogen and oxygen atoms in total. The van der Waals surface area contributed by atoms with Gasteiger partial charge in [-0.3, -0.25) is 4.79 Å². The topological polar surface area (TPSA) is 17.1 Å². The Morgan fingerprint density at radius 2 is 1.27 bits per heavy atom. The lowest BCUT2D eigenvalue weighted by atomic mass is 9.85. The lowest BCUT2D eigenvalue weighted by Crippen LogP contribution is -2.14. The molecule has 0 aliphatic heterocycles. The van der Waals surface area contributed by atoms with Gasteiger partial charge < -0.3 is 0 Å². The lowest BCUT2D eigenvalue weighted by Gasteiger charge is -2.20. The quantitative estimate of drug-likeness (QED) is 0.309. The Labute approximate surface area is 139 Å². The first-order valence-corrected chi connectivity index (χ1v) is 10.3. The predicted octanol–water partition coefficient (Wildman–Crippen LogP) is 7.23. The Balaban J connectivity index is 1.74. The molecule has 1 atom stereocenters. The summed E-state index contributed by atoms with van der Waals surface area (Å²) in [5.41, 5.74) is 0. The zero-order valence-electron chi connectivity index (χ0n) is 15.2. The summed E-state index contributed by atoms with van der Waals surface area (Å²) in [5.74, 6) is 1.25. The molecule has 1 saturated carbocycles. The second-order valence-corrected chi connectivity index (χ2v) is 7.53. The van der Waals surface area contributed by atoms with Crippen molar-refractivity contribution in [3.8, 4) is 0 Å². The van der Waals surface area contributed by atoms with Gasteiger partial charge in [-0.05, 0) is 18.8 Å². The molecule has 130 valence electrons. The summed E-state index contributed by atoms with van der Waals surface area (Å²) in [6.45, 7) is 2.29. The Hall–Kier alpha value is -0.330. The molecule has 1 rings (SSSR count). The molecule has 0 amide bonds. The van der Waals surface area contributed by atoms with Gasteiger partial charge in [0.15, 0.2) is 0 Å². The van der Waals surface area contributed by atoms with Crippen LogP contribution in [0.1, 0.15) is 122 Å². The molecule has 0 saturated heterocycles. The number of carbonyl (C=O) groups excluding carboxylic acids is 1. The molecule has 22 heavy (non-hydrogen) atoms. The van der Waals surface area contributed by atoms with Crippen LogP contribution in [0.3, 0.4) is 0 Å². The van der Waals surface area contributed by atoms with E-state index < -0.39 is 0 Å². The molecular formula is C21H40O. The van der Waals surface area contributed by atoms with E-state index in [1.54, 1.807) is 0 Å². The molecular weight excluding hydrogens is 268 g/mol. The van der Waals surface area contributed by atoms with E-state index >= 15 is 0 Å². The summed E-state index contributed by atoms with van der Waals surface area (Å²) in [6.07, 6.45) is 24.1. The smallest absolute Gasteiger partial charge is 0.133 e. The van der Waals surface area contributed by atoms with Crippen LogP contribution in [0, 0.1) is 5.92 Å². The number of ketones is 1. The third-order valence-electron chi connectivity index (χ3n) is 5.30. The third kappa shape index (κ3) is 11.3. The van der Waals surface area contributed by atoms with Gasteiger partial charge in [0.1, 0.15) is 5.78 Å². The largest absolute Gasteiger partial charge is 0.300 e. The number of rotatable bonds is 14. The van der Waals surface area contributed by atoms with E-state index in [1.807, 2.05) is 0 Å². The second kappa shape index (κ2) is 14.3. The van der Waals surface area contributed by atoms with Crippen molar-refractivity contribution in [2.45, 2.75) is 122 Å². The fraction of sp³-hybridized carbons (Fsp3) is 0.952. The molecule has 0 N–H and O–H groups in total. The normalized spacial score (nSPS) is 18.8. The molecule has 0 radical (unpaired) electrons. The van der Waals surface area contributed by atoms with Crippen LogP contribution in [0.4, 0.5) is 0 Å². The van der Waals surface area contributed by atoms with Crippen LogP contribution in [-0.4, -0.2) is 5.78 Å². The van der Waals surface area contributed by atoms with Crippen LogP contribution in [0.15, 0.2) is 0 Å². The van der Waals surface area contributed by atoms with Crippen molar-refractivity contribution in [1.29, 1.82) is 0 Å². The molecule has 1 heteroatoms. The van der Waals surface area contributed by atoms with E-state index in [9.17, 15) is 4.79 Å². The Morgan fingerprint density at radius 3 is 1.77 bits per heavy atom. The zero-order chi connectivity index (χ0) is 15.9. The average Bonchev–Trinajstić information content (AvgIpc) is 2.52. The highest BCUT2D eigenvalue weighted by Crippen LogP contribution is 2.26. The van der Waals surface area contributed by atoms with Gasteiger partial charge in [-0.2, -0.15) is 0 Å². The fourth-order valence-corrected chi connectivity index (χ4v) is 3.81. The maximum absolute atomic E-state index is 11.4. The van der Waals surface area contributed by atoms with Crippen molar-refractivity contribution in [2.75, 3.05) is 0 Å². The zero-order valence-corrected chi connectivity index (χ0v) is 15.2. The molecule has 0 spiro atoms. The molecule has 1 aliphatic rings. The van der Waals surface area contributed by atoms with Crippen LogP contribution in [-0.2, 0) is 4.79 Å². The number of hydrogen-bond donors (Lipinski definition) is 0. The minimum absolute atomic E-state index is 0.519. The summed E-state index contributed by atoms with van der Waals surface area (Å²) >= 11 is 0. The first-order valence-electron chi connectivity index (χ1n) is 10.3. The predicted molar refractivity (Wildman–Crippen MR) is 97.3 cm³/mol. The molecule has 0 aromatic heterocycles. The van der Waals surface area contributed by atoms with Crippen LogP contribution in [0.5, 0.6) is 0 Å². The van der Waals surface area contributed by atoms with E-state index in [1.165, 1.54) is 96.3 Å². The average molecular weight is 309 g/mol. The van der Waals surface area contributed by atoms with Gasteiger partial charge in [0, 0.05) is 12.8 Å². The summed E-state index contributed by atoms with van der Waals surface area (Å²) < 4.78 is 0. The Morgan fingerprint density at radius 1 is 0.773 bits per heavy atom. The van der Waals surface area contributed by atoms with E-state index in [2.05, 4.69) is 6.92 Å². The van der Waals surface area contributed by atoms with Gasteiger partial charge in [0.2, 0.25) is 0 Å². The minimum Gasteiger partial charge on any atom is -0.300 e. The fourth-order valence-electron chi connectivity index (χ4n) is 3.81. The van der Waals surface area contributed by atoms with Crippen molar-refractivity contribution in [2.24, 2.45) is 5.92 Å². The van der Waals surface area contributed by atoms with Gasteiger partial charge in [-0.1, -0.05) is 96.8 Å². The summed E-state index contributed by atoms with van der Waals surface area (Å²) in [5, 5.41) is 0. The molecule has 1 fully saturated rings. The SMILES string of the molecule is CCCCCCCCCCCCCCC[C@@H]1CCCC(=O)C1. The Kier molecular flexibility index (Phi) is 12.8. The second-order valence-electron chi connectivity index (χ2n) is 7.53. The molecule has 0 unspecified atom stereocenters. The van der Waals surface area contributed by atoms with Crippen LogP contribution < -0.4 is 0 Å². The summed E-state index contributed by atoms with van der Waals surface area (Å²) in [4.78, 5) is 11.4. The van der Waals surface area contributed by atoms with Gasteiger partial charge in [-0.15, -0.1) is 0 Å². The number of unbranched alkanes of at least 4 members (excludes halogenated alkanes) is 12. The molecule has 1 aliphatic carbocycles. The van der Waals surface area contributed by atoms with Crippen molar-refractivity contribution >= 4 is 5.78 Å². The van der Waals surface area contributed by atoms with Gasteiger partial charge in [-0.25, -0.2) is 0 Å². The monoisotopic (exact) mass is 308 g/mol. The highest BCUT2D eigenvalue weighted by molar-refractivity contribution is 5.79. The van der Waals surface area contributed by atoms with Gasteiger partial charge >= 0.3 is 0 Å². The molecule has 0 aromatic carbocycles. The van der Waals surface area contributed by atoms with Gasteiger partial charge in [0.25, 0.3) is 0 Å². The van der Waals surface area contributed by atoms with E-state index in [-0.39, 0.29) is 0 Å². The van der Waals surface area contributed by atoms with Crippen LogP contribution >= 0.6 is 0 Å². The summed E-state index contributed by atoms with van der Waals surface area (Å²) in [7, 11) is 0. The highest BCUT2D eigenvalue weighted by atomic mass is 16.1. The van der Waals surface area contributed by atoms with Crippen molar-refractivity contribution in [1.82, 2.24) is 0 Å². The van der Waals surface area contributed by atoms with Crippen LogP contribution in [0.2, 0.25) is 0 Å². The van der Waals surface area contributed by atoms with E-state index in [0.29, 0.717) is 5.78 Å². The van der Waals surface area contributed by atoms with E-state index in [0.717, 1.165) is 25.2 Å². The van der Waals surface area contributed by atoms with Crippen molar-refractivity contribution in [3.05, 3.63) is 0 Å². The maximum atomic E-state index is 11.4. The third-order valence-corrected chi connectivity index (χ3v) is 5.30. The number of Topliss-reactive ketones (excluding diaryl/α,β-unsaturated/α-hetero) is 1. The van der Waals surface area contributed by atoms with Crippen molar-refractivity contribution < 1.29 is 4.79 Å². The lowest BCUT2D eigenvalue weighted by molar-refractivity contribution is -0.121. The number of hydrogen-bond acceptors (Lipinski definition) is 1. The molecule has 0 heterocycles. The maximum Gasteiger partial charge on any atom is 0.133 e. The van der Waals surface area contributed by atoms with E-state index in [4.69, 9.17) is 0 Å². The minimum atomic E-state index is 0.519.